The number of ether oxygens (including phenoxy) is 1. The van der Waals surface area contributed by atoms with Crippen LogP contribution in [0.3, 0.4) is 0 Å². The van der Waals surface area contributed by atoms with E-state index in [1.165, 1.54) is 7.11 Å². The molecular formula is C7H13NO2S. The molecule has 0 aromatic heterocycles. The van der Waals surface area contributed by atoms with Crippen molar-refractivity contribution in [3.63, 3.8) is 0 Å². The first-order valence-corrected chi connectivity index (χ1v) is 4.71. The van der Waals surface area contributed by atoms with E-state index in [0.717, 1.165) is 11.5 Å². The Bertz CT molecular complexity index is 151. The molecular weight excluding hydrogens is 162 g/mol. The van der Waals surface area contributed by atoms with Crippen molar-refractivity contribution in [1.82, 2.24) is 5.32 Å². The largest absolute Gasteiger partial charge is 0.469 e. The second-order valence-corrected chi connectivity index (χ2v) is 3.76. The van der Waals surface area contributed by atoms with Crippen LogP contribution in [-0.4, -0.2) is 37.2 Å². The van der Waals surface area contributed by atoms with E-state index in [-0.39, 0.29) is 11.5 Å². The monoisotopic (exact) mass is 175 g/mol. The SMILES string of the molecule is CNC1(CC(=O)OC)CSC1. The standard InChI is InChI=1S/C7H13NO2S/c1-8-7(4-11-5-7)3-6(9)10-2/h8H,3-5H2,1-2H3. The van der Waals surface area contributed by atoms with Crippen molar-refractivity contribution in [2.75, 3.05) is 25.7 Å². The van der Waals surface area contributed by atoms with Gasteiger partial charge in [0.15, 0.2) is 0 Å². The zero-order chi connectivity index (χ0) is 8.32. The van der Waals surface area contributed by atoms with Crippen LogP contribution in [0.2, 0.25) is 0 Å². The van der Waals surface area contributed by atoms with E-state index in [2.05, 4.69) is 10.1 Å². The molecule has 1 aliphatic rings. The first-order chi connectivity index (χ1) is 5.22. The minimum atomic E-state index is -0.125. The number of hydrogen-bond donors (Lipinski definition) is 1. The highest BCUT2D eigenvalue weighted by Crippen LogP contribution is 2.32. The van der Waals surface area contributed by atoms with Crippen LogP contribution in [0.5, 0.6) is 0 Å². The maximum atomic E-state index is 10.9. The quantitative estimate of drug-likeness (QED) is 0.624. The van der Waals surface area contributed by atoms with E-state index < -0.39 is 0 Å². The van der Waals surface area contributed by atoms with Gasteiger partial charge in [-0.25, -0.2) is 0 Å². The summed E-state index contributed by atoms with van der Waals surface area (Å²) >= 11 is 1.85. The van der Waals surface area contributed by atoms with Crippen molar-refractivity contribution in [2.45, 2.75) is 12.0 Å². The van der Waals surface area contributed by atoms with Crippen LogP contribution in [-0.2, 0) is 9.53 Å². The molecule has 0 aromatic rings. The number of carbonyl (C=O) groups excluding carboxylic acids is 1. The summed E-state index contributed by atoms with van der Waals surface area (Å²) in [4.78, 5) is 10.9. The smallest absolute Gasteiger partial charge is 0.307 e. The highest BCUT2D eigenvalue weighted by atomic mass is 32.2. The molecule has 0 atom stereocenters. The van der Waals surface area contributed by atoms with Gasteiger partial charge in [0.25, 0.3) is 0 Å². The number of thioether (sulfide) groups is 1. The third kappa shape index (κ3) is 1.87. The summed E-state index contributed by atoms with van der Waals surface area (Å²) in [6.07, 6.45) is 0.493. The Balaban J connectivity index is 2.38. The molecule has 0 spiro atoms. The molecule has 0 amide bonds. The minimum Gasteiger partial charge on any atom is -0.469 e. The normalized spacial score (nSPS) is 20.5. The Labute approximate surface area is 70.9 Å². The molecule has 1 N–H and O–H groups in total. The molecule has 0 aromatic carbocycles. The molecule has 0 aliphatic carbocycles. The lowest BCUT2D eigenvalue weighted by atomic mass is 10.00. The van der Waals surface area contributed by atoms with Gasteiger partial charge in [-0.1, -0.05) is 0 Å². The molecule has 4 heteroatoms. The Kier molecular flexibility index (Phi) is 2.78. The molecule has 0 radical (unpaired) electrons. The molecule has 1 aliphatic heterocycles. The molecule has 0 saturated carbocycles. The number of methoxy groups -OCH3 is 1. The van der Waals surface area contributed by atoms with Crippen LogP contribution in [0, 0.1) is 0 Å². The fourth-order valence-corrected chi connectivity index (χ4v) is 2.22. The topological polar surface area (TPSA) is 38.3 Å². The van der Waals surface area contributed by atoms with Crippen LogP contribution in [0.25, 0.3) is 0 Å². The van der Waals surface area contributed by atoms with E-state index in [4.69, 9.17) is 0 Å². The van der Waals surface area contributed by atoms with Crippen molar-refractivity contribution in [3.05, 3.63) is 0 Å². The maximum absolute atomic E-state index is 10.9. The Morgan fingerprint density at radius 2 is 2.36 bits per heavy atom. The number of esters is 1. The molecule has 0 unspecified atom stereocenters. The third-order valence-corrected chi connectivity index (χ3v) is 3.51. The summed E-state index contributed by atoms with van der Waals surface area (Å²) in [5.74, 6) is 1.90. The van der Waals surface area contributed by atoms with E-state index >= 15 is 0 Å². The summed E-state index contributed by atoms with van der Waals surface area (Å²) < 4.78 is 4.60. The van der Waals surface area contributed by atoms with Crippen LogP contribution in [0.4, 0.5) is 0 Å². The average Bonchev–Trinajstić information content (AvgIpc) is 1.96. The van der Waals surface area contributed by atoms with E-state index in [9.17, 15) is 4.79 Å². The fourth-order valence-electron chi connectivity index (χ4n) is 1.03. The van der Waals surface area contributed by atoms with Gasteiger partial charge in [-0.3, -0.25) is 4.79 Å². The van der Waals surface area contributed by atoms with Gasteiger partial charge < -0.3 is 10.1 Å². The summed E-state index contributed by atoms with van der Waals surface area (Å²) in [6, 6.07) is 0. The van der Waals surface area contributed by atoms with Gasteiger partial charge in [0.05, 0.1) is 13.5 Å². The van der Waals surface area contributed by atoms with Crippen LogP contribution >= 0.6 is 11.8 Å². The van der Waals surface area contributed by atoms with Crippen LogP contribution in [0.15, 0.2) is 0 Å². The Hall–Kier alpha value is -0.220. The summed E-state index contributed by atoms with van der Waals surface area (Å²) in [7, 11) is 3.32. The van der Waals surface area contributed by atoms with Crippen LogP contribution in [0.1, 0.15) is 6.42 Å². The number of carbonyl (C=O) groups is 1. The highest BCUT2D eigenvalue weighted by Gasteiger charge is 2.38. The van der Waals surface area contributed by atoms with Gasteiger partial charge in [0.1, 0.15) is 0 Å². The van der Waals surface area contributed by atoms with Crippen molar-refractivity contribution in [2.24, 2.45) is 0 Å². The third-order valence-electron chi connectivity index (χ3n) is 2.00. The average molecular weight is 175 g/mol. The van der Waals surface area contributed by atoms with Crippen molar-refractivity contribution in [3.8, 4) is 0 Å². The fraction of sp³-hybridized carbons (Fsp3) is 0.857. The van der Waals surface area contributed by atoms with Crippen molar-refractivity contribution < 1.29 is 9.53 Å². The van der Waals surface area contributed by atoms with Crippen LogP contribution < -0.4 is 5.32 Å². The number of rotatable bonds is 3. The van der Waals surface area contributed by atoms with Gasteiger partial charge >= 0.3 is 5.97 Å². The molecule has 0 bridgehead atoms. The van der Waals surface area contributed by atoms with E-state index in [1.807, 2.05) is 18.8 Å². The van der Waals surface area contributed by atoms with Crippen molar-refractivity contribution >= 4 is 17.7 Å². The predicted molar refractivity (Wildman–Crippen MR) is 45.7 cm³/mol. The van der Waals surface area contributed by atoms with Gasteiger partial charge in [-0.05, 0) is 7.05 Å². The predicted octanol–water partition coefficient (Wildman–Crippen LogP) is 0.254. The van der Waals surface area contributed by atoms with E-state index in [1.54, 1.807) is 0 Å². The Morgan fingerprint density at radius 1 is 1.73 bits per heavy atom. The first kappa shape index (κ1) is 8.87. The number of nitrogens with one attached hydrogen (secondary N) is 1. The van der Waals surface area contributed by atoms with Gasteiger partial charge in [-0.2, -0.15) is 11.8 Å². The Morgan fingerprint density at radius 3 is 2.64 bits per heavy atom. The molecule has 64 valence electrons. The second-order valence-electron chi connectivity index (χ2n) is 2.78. The molecule has 1 fully saturated rings. The lowest BCUT2D eigenvalue weighted by Gasteiger charge is -2.40. The second kappa shape index (κ2) is 3.45. The molecule has 1 rings (SSSR count). The van der Waals surface area contributed by atoms with Crippen molar-refractivity contribution in [1.29, 1.82) is 0 Å². The summed E-state index contributed by atoms with van der Waals surface area (Å²) in [5.41, 5.74) is 0.0256. The zero-order valence-electron chi connectivity index (χ0n) is 6.85. The number of hydrogen-bond acceptors (Lipinski definition) is 4. The minimum absolute atomic E-state index is 0.0256. The van der Waals surface area contributed by atoms with Gasteiger partial charge in [-0.15, -0.1) is 0 Å². The van der Waals surface area contributed by atoms with Gasteiger partial charge in [0.2, 0.25) is 0 Å². The maximum Gasteiger partial charge on any atom is 0.307 e. The lowest BCUT2D eigenvalue weighted by Crippen LogP contribution is -2.55. The lowest BCUT2D eigenvalue weighted by molar-refractivity contribution is -0.142. The first-order valence-electron chi connectivity index (χ1n) is 3.56. The molecule has 1 saturated heterocycles. The molecule has 11 heavy (non-hydrogen) atoms. The highest BCUT2D eigenvalue weighted by molar-refractivity contribution is 8.00. The summed E-state index contributed by atoms with van der Waals surface area (Å²) in [6.45, 7) is 0. The van der Waals surface area contributed by atoms with Gasteiger partial charge in [0, 0.05) is 17.0 Å². The molecule has 1 heterocycles. The zero-order valence-corrected chi connectivity index (χ0v) is 7.66. The summed E-state index contributed by atoms with van der Waals surface area (Å²) in [5, 5.41) is 3.16. The molecule has 3 nitrogen and oxygen atoms in total. The van der Waals surface area contributed by atoms with E-state index in [0.29, 0.717) is 6.42 Å².